The molecule has 2 rings (SSSR count). The Labute approximate surface area is 92.1 Å². The second kappa shape index (κ2) is 4.77. The normalized spacial score (nSPS) is 27.1. The Morgan fingerprint density at radius 1 is 1.33 bits per heavy atom. The molecule has 2 atom stereocenters. The van der Waals surface area contributed by atoms with Gasteiger partial charge in [-0.3, -0.25) is 4.90 Å². The van der Waals surface area contributed by atoms with Crippen LogP contribution in [0.2, 0.25) is 0 Å². The zero-order valence-electron chi connectivity index (χ0n) is 9.39. The maximum absolute atomic E-state index is 5.61. The zero-order chi connectivity index (χ0) is 10.7. The van der Waals surface area contributed by atoms with Gasteiger partial charge in [-0.25, -0.2) is 0 Å². The predicted octanol–water partition coefficient (Wildman–Crippen LogP) is 1.82. The highest BCUT2D eigenvalue weighted by atomic mass is 15.2. The molecule has 2 N–H and O–H groups in total. The van der Waals surface area contributed by atoms with Crippen LogP contribution in [0.15, 0.2) is 30.3 Å². The van der Waals surface area contributed by atoms with Crippen LogP contribution in [0.4, 0.5) is 0 Å². The fourth-order valence-electron chi connectivity index (χ4n) is 2.54. The topological polar surface area (TPSA) is 29.3 Å². The SMILES string of the molecule is CC1CC(c2ccccc2)CN1CCN. The van der Waals surface area contributed by atoms with E-state index in [1.807, 2.05) is 0 Å². The predicted molar refractivity (Wildman–Crippen MR) is 63.9 cm³/mol. The molecule has 0 aromatic heterocycles. The van der Waals surface area contributed by atoms with Gasteiger partial charge in [0.25, 0.3) is 0 Å². The average molecular weight is 204 g/mol. The highest BCUT2D eigenvalue weighted by Gasteiger charge is 2.28. The van der Waals surface area contributed by atoms with Gasteiger partial charge in [-0.1, -0.05) is 30.3 Å². The van der Waals surface area contributed by atoms with Gasteiger partial charge >= 0.3 is 0 Å². The summed E-state index contributed by atoms with van der Waals surface area (Å²) in [6.45, 7) is 5.28. The van der Waals surface area contributed by atoms with E-state index in [4.69, 9.17) is 5.73 Å². The fraction of sp³-hybridized carbons (Fsp3) is 0.538. The van der Waals surface area contributed by atoms with Crippen molar-refractivity contribution in [3.63, 3.8) is 0 Å². The van der Waals surface area contributed by atoms with Crippen LogP contribution >= 0.6 is 0 Å². The number of benzene rings is 1. The first-order valence-corrected chi connectivity index (χ1v) is 5.80. The Bertz CT molecular complexity index is 297. The molecular formula is C13H20N2. The molecule has 0 aliphatic carbocycles. The molecule has 0 bridgehead atoms. The van der Waals surface area contributed by atoms with Crippen molar-refractivity contribution in [1.29, 1.82) is 0 Å². The van der Waals surface area contributed by atoms with Crippen LogP contribution in [-0.2, 0) is 0 Å². The third-order valence-corrected chi connectivity index (χ3v) is 3.39. The minimum Gasteiger partial charge on any atom is -0.329 e. The molecule has 82 valence electrons. The molecule has 1 fully saturated rings. The van der Waals surface area contributed by atoms with Crippen molar-refractivity contribution in [2.24, 2.45) is 5.73 Å². The molecule has 0 radical (unpaired) electrons. The van der Waals surface area contributed by atoms with Gasteiger partial charge in [-0.05, 0) is 24.8 Å². The lowest BCUT2D eigenvalue weighted by Gasteiger charge is -2.19. The first-order chi connectivity index (χ1) is 7.31. The van der Waals surface area contributed by atoms with Gasteiger partial charge in [0, 0.05) is 25.7 Å². The van der Waals surface area contributed by atoms with Crippen molar-refractivity contribution in [3.05, 3.63) is 35.9 Å². The summed E-state index contributed by atoms with van der Waals surface area (Å²) in [7, 11) is 0. The number of hydrogen-bond acceptors (Lipinski definition) is 2. The van der Waals surface area contributed by atoms with Crippen LogP contribution in [0, 0.1) is 0 Å². The molecule has 1 saturated heterocycles. The molecule has 15 heavy (non-hydrogen) atoms. The minimum absolute atomic E-state index is 0.679. The van der Waals surface area contributed by atoms with Crippen LogP contribution in [0.1, 0.15) is 24.8 Å². The van der Waals surface area contributed by atoms with Crippen LogP contribution < -0.4 is 5.73 Å². The number of likely N-dealkylation sites (tertiary alicyclic amines) is 1. The molecule has 1 heterocycles. The van der Waals surface area contributed by atoms with E-state index in [1.165, 1.54) is 18.5 Å². The molecule has 2 unspecified atom stereocenters. The lowest BCUT2D eigenvalue weighted by Crippen LogP contribution is -2.32. The van der Waals surface area contributed by atoms with E-state index in [-0.39, 0.29) is 0 Å². The summed E-state index contributed by atoms with van der Waals surface area (Å²) in [6.07, 6.45) is 1.27. The number of hydrogen-bond donors (Lipinski definition) is 1. The largest absolute Gasteiger partial charge is 0.329 e. The van der Waals surface area contributed by atoms with E-state index >= 15 is 0 Å². The Morgan fingerprint density at radius 3 is 2.73 bits per heavy atom. The van der Waals surface area contributed by atoms with Gasteiger partial charge in [0.2, 0.25) is 0 Å². The smallest absolute Gasteiger partial charge is 0.0108 e. The lowest BCUT2D eigenvalue weighted by atomic mass is 9.97. The quantitative estimate of drug-likeness (QED) is 0.814. The van der Waals surface area contributed by atoms with Gasteiger partial charge < -0.3 is 5.73 Å². The third-order valence-electron chi connectivity index (χ3n) is 3.39. The zero-order valence-corrected chi connectivity index (χ0v) is 9.39. The molecule has 1 aliphatic heterocycles. The summed E-state index contributed by atoms with van der Waals surface area (Å²) in [5, 5.41) is 0. The van der Waals surface area contributed by atoms with Gasteiger partial charge in [0.15, 0.2) is 0 Å². The Hall–Kier alpha value is -0.860. The summed E-state index contributed by atoms with van der Waals surface area (Å²) in [6, 6.07) is 11.5. The summed E-state index contributed by atoms with van der Waals surface area (Å²) in [5.41, 5.74) is 7.09. The standard InChI is InChI=1S/C13H20N2/c1-11-9-13(10-15(11)8-7-14)12-5-3-2-4-6-12/h2-6,11,13H,7-10,14H2,1H3. The van der Waals surface area contributed by atoms with Crippen LogP contribution in [0.25, 0.3) is 0 Å². The Balaban J connectivity index is 2.03. The summed E-state index contributed by atoms with van der Waals surface area (Å²) in [4.78, 5) is 2.50. The number of rotatable bonds is 3. The maximum atomic E-state index is 5.61. The van der Waals surface area contributed by atoms with Crippen molar-refractivity contribution in [2.75, 3.05) is 19.6 Å². The van der Waals surface area contributed by atoms with Crippen LogP contribution in [0.3, 0.4) is 0 Å². The van der Waals surface area contributed by atoms with Crippen molar-refractivity contribution < 1.29 is 0 Å². The van der Waals surface area contributed by atoms with Gasteiger partial charge in [0.1, 0.15) is 0 Å². The van der Waals surface area contributed by atoms with E-state index in [0.29, 0.717) is 12.0 Å². The fourth-order valence-corrected chi connectivity index (χ4v) is 2.54. The molecule has 2 heteroatoms. The van der Waals surface area contributed by atoms with Gasteiger partial charge in [-0.15, -0.1) is 0 Å². The van der Waals surface area contributed by atoms with Gasteiger partial charge in [0.05, 0.1) is 0 Å². The highest BCUT2D eigenvalue weighted by molar-refractivity contribution is 5.21. The van der Waals surface area contributed by atoms with E-state index < -0.39 is 0 Å². The molecule has 1 aromatic carbocycles. The molecule has 0 spiro atoms. The van der Waals surface area contributed by atoms with E-state index in [2.05, 4.69) is 42.2 Å². The van der Waals surface area contributed by atoms with Crippen molar-refractivity contribution in [1.82, 2.24) is 4.90 Å². The van der Waals surface area contributed by atoms with E-state index in [0.717, 1.165) is 13.1 Å². The number of nitrogens with two attached hydrogens (primary N) is 1. The van der Waals surface area contributed by atoms with Crippen LogP contribution in [0.5, 0.6) is 0 Å². The summed E-state index contributed by atoms with van der Waals surface area (Å²) in [5.74, 6) is 0.702. The first-order valence-electron chi connectivity index (χ1n) is 5.80. The minimum atomic E-state index is 0.679. The Kier molecular flexibility index (Phi) is 3.39. The summed E-state index contributed by atoms with van der Waals surface area (Å²) < 4.78 is 0. The highest BCUT2D eigenvalue weighted by Crippen LogP contribution is 2.30. The Morgan fingerprint density at radius 2 is 2.07 bits per heavy atom. The lowest BCUT2D eigenvalue weighted by molar-refractivity contribution is 0.275. The molecular weight excluding hydrogens is 184 g/mol. The van der Waals surface area contributed by atoms with Crippen molar-refractivity contribution in [3.8, 4) is 0 Å². The monoisotopic (exact) mass is 204 g/mol. The van der Waals surface area contributed by atoms with E-state index in [9.17, 15) is 0 Å². The van der Waals surface area contributed by atoms with Crippen LogP contribution in [-0.4, -0.2) is 30.6 Å². The molecule has 1 aliphatic rings. The molecule has 1 aromatic rings. The second-order valence-corrected chi connectivity index (χ2v) is 4.48. The maximum Gasteiger partial charge on any atom is 0.0108 e. The van der Waals surface area contributed by atoms with Gasteiger partial charge in [-0.2, -0.15) is 0 Å². The first kappa shape index (κ1) is 10.7. The second-order valence-electron chi connectivity index (χ2n) is 4.48. The number of nitrogens with zero attached hydrogens (tertiary/aromatic N) is 1. The van der Waals surface area contributed by atoms with Crippen molar-refractivity contribution in [2.45, 2.75) is 25.3 Å². The third kappa shape index (κ3) is 2.39. The van der Waals surface area contributed by atoms with E-state index in [1.54, 1.807) is 0 Å². The molecule has 2 nitrogen and oxygen atoms in total. The molecule has 0 amide bonds. The summed E-state index contributed by atoms with van der Waals surface area (Å²) >= 11 is 0. The molecule has 0 saturated carbocycles. The van der Waals surface area contributed by atoms with Crippen molar-refractivity contribution >= 4 is 0 Å². The average Bonchev–Trinajstić information content (AvgIpc) is 2.63.